The Morgan fingerprint density at radius 1 is 1.04 bits per heavy atom. The fraction of sp³-hybridized carbons (Fsp3) is 0.278. The Morgan fingerprint density at radius 3 is 2.39 bits per heavy atom. The molecule has 2 aromatic rings. The molecule has 0 saturated carbocycles. The van der Waals surface area contributed by atoms with Crippen molar-refractivity contribution in [3.05, 3.63) is 59.7 Å². The maximum atomic E-state index is 13.1. The van der Waals surface area contributed by atoms with Crippen LogP contribution < -0.4 is 4.31 Å². The smallest absolute Gasteiger partial charge is 0.264 e. The van der Waals surface area contributed by atoms with Gasteiger partial charge in [0.25, 0.3) is 10.0 Å². The van der Waals surface area contributed by atoms with Crippen molar-refractivity contribution < 1.29 is 13.2 Å². The van der Waals surface area contributed by atoms with Gasteiger partial charge in [0.2, 0.25) is 0 Å². The predicted molar refractivity (Wildman–Crippen MR) is 90.3 cm³/mol. The molecule has 1 atom stereocenters. The SMILES string of the molecule is Cc1ccc(S(=O)(=O)N2c3ccccc3C(=O)CCC2C)cc1. The topological polar surface area (TPSA) is 54.5 Å². The zero-order valence-corrected chi connectivity index (χ0v) is 14.0. The average molecular weight is 329 g/mol. The van der Waals surface area contributed by atoms with E-state index in [0.29, 0.717) is 24.1 Å². The molecule has 5 heteroatoms. The molecule has 23 heavy (non-hydrogen) atoms. The molecule has 0 radical (unpaired) electrons. The summed E-state index contributed by atoms with van der Waals surface area (Å²) in [4.78, 5) is 12.5. The highest BCUT2D eigenvalue weighted by molar-refractivity contribution is 7.92. The van der Waals surface area contributed by atoms with E-state index in [2.05, 4.69) is 0 Å². The largest absolute Gasteiger partial charge is 0.294 e. The number of rotatable bonds is 2. The molecule has 4 nitrogen and oxygen atoms in total. The molecule has 1 aliphatic heterocycles. The van der Waals surface area contributed by atoms with Crippen LogP contribution >= 0.6 is 0 Å². The zero-order valence-electron chi connectivity index (χ0n) is 13.2. The summed E-state index contributed by atoms with van der Waals surface area (Å²) in [5.41, 5.74) is 1.96. The third kappa shape index (κ3) is 2.77. The molecule has 0 spiro atoms. The molecular formula is C18H19NO3S. The molecule has 0 aromatic heterocycles. The molecule has 1 heterocycles. The van der Waals surface area contributed by atoms with Gasteiger partial charge in [-0.05, 0) is 44.5 Å². The molecule has 1 aliphatic rings. The minimum Gasteiger partial charge on any atom is -0.294 e. The van der Waals surface area contributed by atoms with Crippen molar-refractivity contribution in [3.63, 3.8) is 0 Å². The van der Waals surface area contributed by atoms with Crippen molar-refractivity contribution >= 4 is 21.5 Å². The van der Waals surface area contributed by atoms with Crippen LogP contribution in [-0.2, 0) is 10.0 Å². The van der Waals surface area contributed by atoms with Crippen LogP contribution in [0.2, 0.25) is 0 Å². The summed E-state index contributed by atoms with van der Waals surface area (Å²) in [5, 5.41) is 0. The van der Waals surface area contributed by atoms with Crippen molar-refractivity contribution in [3.8, 4) is 0 Å². The van der Waals surface area contributed by atoms with Gasteiger partial charge < -0.3 is 0 Å². The Morgan fingerprint density at radius 2 is 1.70 bits per heavy atom. The number of aryl methyl sites for hydroxylation is 1. The monoisotopic (exact) mass is 329 g/mol. The molecule has 3 rings (SSSR count). The van der Waals surface area contributed by atoms with Crippen LogP contribution in [0.4, 0.5) is 5.69 Å². The van der Waals surface area contributed by atoms with E-state index < -0.39 is 10.0 Å². The maximum Gasteiger partial charge on any atom is 0.264 e. The number of Topliss-reactive ketones (excluding diaryl/α,β-unsaturated/α-hetero) is 1. The maximum absolute atomic E-state index is 13.1. The molecule has 0 amide bonds. The predicted octanol–water partition coefficient (Wildman–Crippen LogP) is 3.56. The van der Waals surface area contributed by atoms with E-state index in [-0.39, 0.29) is 16.7 Å². The number of carbonyl (C=O) groups excluding carboxylic acids is 1. The first-order valence-electron chi connectivity index (χ1n) is 7.64. The molecular weight excluding hydrogens is 310 g/mol. The van der Waals surface area contributed by atoms with E-state index in [0.717, 1.165) is 5.56 Å². The first kappa shape index (κ1) is 15.7. The number of para-hydroxylation sites is 1. The van der Waals surface area contributed by atoms with Crippen molar-refractivity contribution in [2.24, 2.45) is 0 Å². The molecule has 1 unspecified atom stereocenters. The second kappa shape index (κ2) is 5.81. The van der Waals surface area contributed by atoms with Gasteiger partial charge in [-0.3, -0.25) is 9.10 Å². The van der Waals surface area contributed by atoms with Gasteiger partial charge in [0.05, 0.1) is 10.6 Å². The third-order valence-electron chi connectivity index (χ3n) is 4.21. The summed E-state index contributed by atoms with van der Waals surface area (Å²) < 4.78 is 27.7. The van der Waals surface area contributed by atoms with E-state index in [1.54, 1.807) is 48.5 Å². The van der Waals surface area contributed by atoms with Crippen molar-refractivity contribution in [1.82, 2.24) is 0 Å². The highest BCUT2D eigenvalue weighted by Crippen LogP contribution is 2.34. The zero-order chi connectivity index (χ0) is 16.6. The Labute approximate surface area is 136 Å². The second-order valence-electron chi connectivity index (χ2n) is 5.94. The van der Waals surface area contributed by atoms with Gasteiger partial charge in [0.1, 0.15) is 0 Å². The number of hydrogen-bond donors (Lipinski definition) is 0. The van der Waals surface area contributed by atoms with E-state index in [9.17, 15) is 13.2 Å². The number of benzene rings is 2. The van der Waals surface area contributed by atoms with Crippen LogP contribution in [0.1, 0.15) is 35.7 Å². The minimum absolute atomic E-state index is 0.00550. The van der Waals surface area contributed by atoms with Gasteiger partial charge in [-0.25, -0.2) is 8.42 Å². The van der Waals surface area contributed by atoms with Crippen molar-refractivity contribution in [1.29, 1.82) is 0 Å². The fourth-order valence-electron chi connectivity index (χ4n) is 2.92. The molecule has 0 saturated heterocycles. The van der Waals surface area contributed by atoms with Gasteiger partial charge in [0, 0.05) is 18.0 Å². The lowest BCUT2D eigenvalue weighted by molar-refractivity contribution is 0.0982. The van der Waals surface area contributed by atoms with E-state index >= 15 is 0 Å². The minimum atomic E-state index is -3.71. The van der Waals surface area contributed by atoms with E-state index in [1.165, 1.54) is 4.31 Å². The number of carbonyl (C=O) groups is 1. The average Bonchev–Trinajstić information content (AvgIpc) is 2.65. The summed E-state index contributed by atoms with van der Waals surface area (Å²) in [6.07, 6.45) is 0.872. The highest BCUT2D eigenvalue weighted by atomic mass is 32.2. The van der Waals surface area contributed by atoms with Gasteiger partial charge in [0.15, 0.2) is 5.78 Å². The first-order chi connectivity index (χ1) is 10.9. The van der Waals surface area contributed by atoms with Crippen LogP contribution in [0, 0.1) is 6.92 Å². The molecule has 0 N–H and O–H groups in total. The Hall–Kier alpha value is -2.14. The van der Waals surface area contributed by atoms with E-state index in [4.69, 9.17) is 0 Å². The Balaban J connectivity index is 2.18. The third-order valence-corrected chi connectivity index (χ3v) is 6.15. The molecule has 0 fully saturated rings. The van der Waals surface area contributed by atoms with Crippen LogP contribution in [0.5, 0.6) is 0 Å². The molecule has 2 aromatic carbocycles. The Kier molecular flexibility index (Phi) is 3.98. The molecule has 0 bridgehead atoms. The number of nitrogens with zero attached hydrogens (tertiary/aromatic N) is 1. The first-order valence-corrected chi connectivity index (χ1v) is 9.08. The number of anilines is 1. The number of ketones is 1. The summed E-state index contributed by atoms with van der Waals surface area (Å²) in [5.74, 6) is -0.00550. The van der Waals surface area contributed by atoms with Crippen molar-refractivity contribution in [2.75, 3.05) is 4.31 Å². The lowest BCUT2D eigenvalue weighted by Crippen LogP contribution is -2.38. The van der Waals surface area contributed by atoms with Gasteiger partial charge in [-0.15, -0.1) is 0 Å². The highest BCUT2D eigenvalue weighted by Gasteiger charge is 2.34. The fourth-order valence-corrected chi connectivity index (χ4v) is 4.63. The van der Waals surface area contributed by atoms with E-state index in [1.807, 2.05) is 13.8 Å². The summed E-state index contributed by atoms with van der Waals surface area (Å²) in [6.45, 7) is 3.76. The number of sulfonamides is 1. The van der Waals surface area contributed by atoms with Crippen LogP contribution in [0.3, 0.4) is 0 Å². The van der Waals surface area contributed by atoms with Crippen LogP contribution in [0.15, 0.2) is 53.4 Å². The van der Waals surface area contributed by atoms with Gasteiger partial charge in [-0.1, -0.05) is 29.8 Å². The lowest BCUT2D eigenvalue weighted by atomic mass is 10.1. The molecule has 120 valence electrons. The summed E-state index contributed by atoms with van der Waals surface area (Å²) in [6, 6.07) is 13.5. The Bertz CT molecular complexity index is 841. The standard InChI is InChI=1S/C18H19NO3S/c1-13-7-10-15(11-8-13)23(21,22)19-14(2)9-12-18(20)16-5-3-4-6-17(16)19/h3-8,10-11,14H,9,12H2,1-2H3. The second-order valence-corrected chi connectivity index (χ2v) is 7.76. The summed E-state index contributed by atoms with van der Waals surface area (Å²) >= 11 is 0. The van der Waals surface area contributed by atoms with Gasteiger partial charge in [-0.2, -0.15) is 0 Å². The summed E-state index contributed by atoms with van der Waals surface area (Å²) in [7, 11) is -3.71. The number of fused-ring (bicyclic) bond motifs is 1. The normalized spacial score (nSPS) is 18.4. The lowest BCUT2D eigenvalue weighted by Gasteiger charge is -2.29. The quantitative estimate of drug-likeness (QED) is 0.846. The van der Waals surface area contributed by atoms with Gasteiger partial charge >= 0.3 is 0 Å². The van der Waals surface area contributed by atoms with Crippen molar-refractivity contribution in [2.45, 2.75) is 37.6 Å². The van der Waals surface area contributed by atoms with Crippen LogP contribution in [-0.4, -0.2) is 20.2 Å². The molecule has 0 aliphatic carbocycles. The number of hydrogen-bond acceptors (Lipinski definition) is 3. The van der Waals surface area contributed by atoms with Crippen LogP contribution in [0.25, 0.3) is 0 Å².